The fourth-order valence-corrected chi connectivity index (χ4v) is 9.93. The third-order valence-corrected chi connectivity index (χ3v) is 11.3. The Labute approximate surface area is 170 Å². The van der Waals surface area contributed by atoms with Gasteiger partial charge in [0.2, 0.25) is 0 Å². The van der Waals surface area contributed by atoms with E-state index in [1.807, 2.05) is 0 Å². The SMILES string of the molecule is CC1(C)C2CCCCC2C2CCC(C3CCC4CC(Br)CCC4C3)CC21. The van der Waals surface area contributed by atoms with Crippen LogP contribution >= 0.6 is 15.9 Å². The van der Waals surface area contributed by atoms with E-state index in [0.717, 1.165) is 52.2 Å². The first-order valence-electron chi connectivity index (χ1n) is 12.2. The molecule has 0 aliphatic heterocycles. The summed E-state index contributed by atoms with van der Waals surface area (Å²) in [5, 5.41) is 0. The van der Waals surface area contributed by atoms with Crippen molar-refractivity contribution >= 4 is 15.9 Å². The molecule has 0 aromatic carbocycles. The molecule has 5 aliphatic rings. The van der Waals surface area contributed by atoms with E-state index in [1.54, 1.807) is 51.4 Å². The highest BCUT2D eigenvalue weighted by Crippen LogP contribution is 2.64. The van der Waals surface area contributed by atoms with Crippen LogP contribution in [0.4, 0.5) is 0 Å². The van der Waals surface area contributed by atoms with E-state index >= 15 is 0 Å². The molecule has 26 heavy (non-hydrogen) atoms. The molecule has 0 aromatic rings. The molecule has 5 saturated carbocycles. The monoisotopic (exact) mass is 420 g/mol. The molecule has 5 aliphatic carbocycles. The zero-order chi connectivity index (χ0) is 17.9. The van der Waals surface area contributed by atoms with Gasteiger partial charge in [0.25, 0.3) is 0 Å². The molecule has 9 unspecified atom stereocenters. The average Bonchev–Trinajstić information content (AvgIpc) is 2.89. The number of alkyl halides is 1. The summed E-state index contributed by atoms with van der Waals surface area (Å²) in [7, 11) is 0. The summed E-state index contributed by atoms with van der Waals surface area (Å²) < 4.78 is 0. The van der Waals surface area contributed by atoms with Gasteiger partial charge in [0.1, 0.15) is 0 Å². The number of hydrogen-bond acceptors (Lipinski definition) is 0. The lowest BCUT2D eigenvalue weighted by atomic mass is 9.59. The van der Waals surface area contributed by atoms with Crippen molar-refractivity contribution in [3.8, 4) is 0 Å². The number of hydrogen-bond donors (Lipinski definition) is 0. The average molecular weight is 422 g/mol. The van der Waals surface area contributed by atoms with Gasteiger partial charge in [-0.3, -0.25) is 0 Å². The van der Waals surface area contributed by atoms with Crippen molar-refractivity contribution in [3.05, 3.63) is 0 Å². The second-order valence-electron chi connectivity index (χ2n) is 11.7. The minimum atomic E-state index is 0.639. The molecule has 0 N–H and O–H groups in total. The van der Waals surface area contributed by atoms with Gasteiger partial charge in [-0.2, -0.15) is 0 Å². The van der Waals surface area contributed by atoms with E-state index in [-0.39, 0.29) is 0 Å². The Hall–Kier alpha value is 0.480. The Bertz CT molecular complexity index is 510. The quantitative estimate of drug-likeness (QED) is 0.378. The molecule has 9 atom stereocenters. The maximum Gasteiger partial charge on any atom is 0.0148 e. The highest BCUT2D eigenvalue weighted by atomic mass is 79.9. The maximum atomic E-state index is 3.92. The maximum absolute atomic E-state index is 3.92. The first-order valence-corrected chi connectivity index (χ1v) is 13.1. The van der Waals surface area contributed by atoms with E-state index in [1.165, 1.54) is 32.1 Å². The summed E-state index contributed by atoms with van der Waals surface area (Å²) >= 11 is 3.92. The largest absolute Gasteiger partial charge is 0.0891 e. The molecule has 148 valence electrons. The molecular formula is C25H41Br. The van der Waals surface area contributed by atoms with E-state index in [4.69, 9.17) is 0 Å². The fourth-order valence-electron chi connectivity index (χ4n) is 9.19. The summed E-state index contributed by atoms with van der Waals surface area (Å²) in [6, 6.07) is 0. The van der Waals surface area contributed by atoms with Gasteiger partial charge in [0.05, 0.1) is 0 Å². The molecular weight excluding hydrogens is 380 g/mol. The van der Waals surface area contributed by atoms with Crippen molar-refractivity contribution in [1.29, 1.82) is 0 Å². The minimum absolute atomic E-state index is 0.639. The van der Waals surface area contributed by atoms with Crippen molar-refractivity contribution in [1.82, 2.24) is 0 Å². The topological polar surface area (TPSA) is 0 Å². The molecule has 0 saturated heterocycles. The molecule has 0 amide bonds. The Morgan fingerprint density at radius 2 is 1.15 bits per heavy atom. The lowest BCUT2D eigenvalue weighted by Crippen LogP contribution is -2.38. The summed E-state index contributed by atoms with van der Waals surface area (Å²) in [5.74, 6) is 8.65. The van der Waals surface area contributed by atoms with E-state index in [0.29, 0.717) is 5.41 Å². The molecule has 0 aromatic heterocycles. The van der Waals surface area contributed by atoms with Crippen LogP contribution < -0.4 is 0 Å². The van der Waals surface area contributed by atoms with Crippen LogP contribution in [-0.2, 0) is 0 Å². The molecule has 5 fully saturated rings. The molecule has 0 bridgehead atoms. The van der Waals surface area contributed by atoms with E-state index in [9.17, 15) is 0 Å². The van der Waals surface area contributed by atoms with Crippen molar-refractivity contribution in [2.24, 2.45) is 52.8 Å². The Morgan fingerprint density at radius 1 is 0.577 bits per heavy atom. The van der Waals surface area contributed by atoms with Crippen LogP contribution in [0, 0.1) is 52.8 Å². The van der Waals surface area contributed by atoms with Crippen LogP contribution in [0.2, 0.25) is 0 Å². The van der Waals surface area contributed by atoms with Crippen LogP contribution in [0.5, 0.6) is 0 Å². The Kier molecular flexibility index (Phi) is 5.03. The van der Waals surface area contributed by atoms with Crippen LogP contribution in [0.25, 0.3) is 0 Å². The summed E-state index contributed by atoms with van der Waals surface area (Å²) in [5.41, 5.74) is 0.639. The molecule has 0 heterocycles. The van der Waals surface area contributed by atoms with Crippen LogP contribution in [0.1, 0.15) is 97.3 Å². The summed E-state index contributed by atoms with van der Waals surface area (Å²) in [4.78, 5) is 0.832. The van der Waals surface area contributed by atoms with Gasteiger partial charge in [-0.25, -0.2) is 0 Å². The first kappa shape index (κ1) is 18.5. The first-order chi connectivity index (χ1) is 12.5. The van der Waals surface area contributed by atoms with E-state index < -0.39 is 0 Å². The predicted molar refractivity (Wildman–Crippen MR) is 114 cm³/mol. The Morgan fingerprint density at radius 3 is 1.96 bits per heavy atom. The smallest absolute Gasteiger partial charge is 0.0148 e. The summed E-state index contributed by atoms with van der Waals surface area (Å²) in [6.45, 7) is 5.36. The fraction of sp³-hybridized carbons (Fsp3) is 1.00. The number of halogens is 1. The van der Waals surface area contributed by atoms with Crippen molar-refractivity contribution in [2.45, 2.75) is 102 Å². The highest BCUT2D eigenvalue weighted by molar-refractivity contribution is 9.09. The second kappa shape index (κ2) is 7.07. The lowest BCUT2D eigenvalue weighted by molar-refractivity contribution is 0.0395. The van der Waals surface area contributed by atoms with Gasteiger partial charge >= 0.3 is 0 Å². The minimum Gasteiger partial charge on any atom is -0.0891 e. The van der Waals surface area contributed by atoms with Crippen LogP contribution in [0.15, 0.2) is 0 Å². The van der Waals surface area contributed by atoms with Gasteiger partial charge in [-0.1, -0.05) is 42.6 Å². The lowest BCUT2D eigenvalue weighted by Gasteiger charge is -2.47. The molecule has 0 radical (unpaired) electrons. The van der Waals surface area contributed by atoms with Crippen molar-refractivity contribution in [3.63, 3.8) is 0 Å². The molecule has 0 spiro atoms. The van der Waals surface area contributed by atoms with Gasteiger partial charge in [0.15, 0.2) is 0 Å². The van der Waals surface area contributed by atoms with Gasteiger partial charge in [0, 0.05) is 4.83 Å². The van der Waals surface area contributed by atoms with Crippen molar-refractivity contribution < 1.29 is 0 Å². The Balaban J connectivity index is 1.27. The summed E-state index contributed by atoms with van der Waals surface area (Å²) in [6.07, 6.45) is 20.1. The van der Waals surface area contributed by atoms with Gasteiger partial charge in [-0.05, 0) is 123 Å². The van der Waals surface area contributed by atoms with Crippen LogP contribution in [-0.4, -0.2) is 4.83 Å². The normalized spacial score (nSPS) is 53.4. The van der Waals surface area contributed by atoms with Crippen molar-refractivity contribution in [2.75, 3.05) is 0 Å². The molecule has 0 nitrogen and oxygen atoms in total. The number of rotatable bonds is 1. The zero-order valence-electron chi connectivity index (χ0n) is 17.3. The molecule has 1 heteroatoms. The van der Waals surface area contributed by atoms with E-state index in [2.05, 4.69) is 29.8 Å². The van der Waals surface area contributed by atoms with Gasteiger partial charge < -0.3 is 0 Å². The third kappa shape index (κ3) is 3.05. The molecule has 5 rings (SSSR count). The second-order valence-corrected chi connectivity index (χ2v) is 13.0. The zero-order valence-corrected chi connectivity index (χ0v) is 18.9. The highest BCUT2D eigenvalue weighted by Gasteiger charge is 2.57. The van der Waals surface area contributed by atoms with Gasteiger partial charge in [-0.15, -0.1) is 0 Å². The third-order valence-electron chi connectivity index (χ3n) is 10.5. The predicted octanol–water partition coefficient (Wildman–Crippen LogP) is 7.85. The van der Waals surface area contributed by atoms with Crippen LogP contribution in [0.3, 0.4) is 0 Å². The number of fused-ring (bicyclic) bond motifs is 4. The standard InChI is InChI=1S/C25H41Br/c1-25(2)23-6-4-3-5-21(23)22-12-10-19(15-24(22)25)16-7-8-18-14-20(26)11-9-17(18)13-16/h16-24H,3-15H2,1-2H3.